The summed E-state index contributed by atoms with van der Waals surface area (Å²) in [5.74, 6) is 0. The number of anilines is 2. The molecule has 0 atom stereocenters. The normalized spacial score (nSPS) is 15.1. The van der Waals surface area contributed by atoms with Crippen molar-refractivity contribution in [3.63, 3.8) is 0 Å². The smallest absolute Gasteiger partial charge is 0.319 e. The van der Waals surface area contributed by atoms with Crippen LogP contribution in [-0.2, 0) is 6.54 Å². The molecule has 0 saturated carbocycles. The number of rotatable bonds is 5. The molecule has 1 fully saturated rings. The number of piperazine rings is 1. The Kier molecular flexibility index (Phi) is 6.12. The fourth-order valence-electron chi connectivity index (χ4n) is 3.21. The minimum Gasteiger partial charge on any atom is -0.369 e. The molecule has 2 amide bonds. The van der Waals surface area contributed by atoms with E-state index in [1.165, 1.54) is 5.69 Å². The molecule has 1 saturated heterocycles. The predicted molar refractivity (Wildman–Crippen MR) is 108 cm³/mol. The van der Waals surface area contributed by atoms with Crippen molar-refractivity contribution < 1.29 is 4.79 Å². The number of amides is 2. The second kappa shape index (κ2) is 8.72. The highest BCUT2D eigenvalue weighted by atomic mass is 16.2. The summed E-state index contributed by atoms with van der Waals surface area (Å²) in [7, 11) is 0. The van der Waals surface area contributed by atoms with Gasteiger partial charge < -0.3 is 15.5 Å². The Balaban J connectivity index is 1.48. The van der Waals surface area contributed by atoms with E-state index in [-0.39, 0.29) is 6.03 Å². The van der Waals surface area contributed by atoms with Gasteiger partial charge in [0.05, 0.1) is 0 Å². The maximum atomic E-state index is 12.0. The Morgan fingerprint density at radius 1 is 0.962 bits per heavy atom. The van der Waals surface area contributed by atoms with Crippen LogP contribution in [0.3, 0.4) is 0 Å². The van der Waals surface area contributed by atoms with Gasteiger partial charge in [-0.1, -0.05) is 30.3 Å². The van der Waals surface area contributed by atoms with Crippen LogP contribution >= 0.6 is 0 Å². The summed E-state index contributed by atoms with van der Waals surface area (Å²) >= 11 is 0. The average Bonchev–Trinajstić information content (AvgIpc) is 2.68. The van der Waals surface area contributed by atoms with Gasteiger partial charge >= 0.3 is 6.03 Å². The first-order chi connectivity index (χ1) is 12.6. The summed E-state index contributed by atoms with van der Waals surface area (Å²) in [6.45, 7) is 9.30. The van der Waals surface area contributed by atoms with Crippen LogP contribution in [0, 0.1) is 0 Å². The molecule has 0 spiro atoms. The quantitative estimate of drug-likeness (QED) is 0.865. The third-order valence-electron chi connectivity index (χ3n) is 4.83. The first kappa shape index (κ1) is 18.3. The molecule has 1 heterocycles. The molecule has 0 unspecified atom stereocenters. The number of nitrogens with one attached hydrogen (secondary N) is 2. The number of urea groups is 1. The van der Waals surface area contributed by atoms with E-state index in [0.717, 1.165) is 37.4 Å². The zero-order valence-electron chi connectivity index (χ0n) is 15.6. The number of hydrogen-bond acceptors (Lipinski definition) is 3. The van der Waals surface area contributed by atoms with Gasteiger partial charge in [0.1, 0.15) is 0 Å². The van der Waals surface area contributed by atoms with E-state index in [1.54, 1.807) is 0 Å². The van der Waals surface area contributed by atoms with Gasteiger partial charge in [0.2, 0.25) is 0 Å². The molecule has 138 valence electrons. The molecule has 0 radical (unpaired) electrons. The summed E-state index contributed by atoms with van der Waals surface area (Å²) in [5.41, 5.74) is 3.10. The van der Waals surface area contributed by atoms with E-state index in [0.29, 0.717) is 12.6 Å². The second-order valence-electron chi connectivity index (χ2n) is 6.96. The average molecular weight is 352 g/mol. The van der Waals surface area contributed by atoms with Crippen molar-refractivity contribution in [2.45, 2.75) is 26.4 Å². The highest BCUT2D eigenvalue weighted by Crippen LogP contribution is 2.20. The molecular weight excluding hydrogens is 324 g/mol. The second-order valence-corrected chi connectivity index (χ2v) is 6.96. The van der Waals surface area contributed by atoms with Crippen LogP contribution in [0.25, 0.3) is 0 Å². The summed E-state index contributed by atoms with van der Waals surface area (Å²) in [6.07, 6.45) is 0. The van der Waals surface area contributed by atoms with Crippen molar-refractivity contribution in [2.75, 3.05) is 36.4 Å². The van der Waals surface area contributed by atoms with Crippen molar-refractivity contribution in [1.29, 1.82) is 0 Å². The van der Waals surface area contributed by atoms with Crippen LogP contribution in [0.1, 0.15) is 19.4 Å². The van der Waals surface area contributed by atoms with Gasteiger partial charge in [-0.25, -0.2) is 4.79 Å². The summed E-state index contributed by atoms with van der Waals surface area (Å²) < 4.78 is 0. The maximum Gasteiger partial charge on any atom is 0.319 e. The van der Waals surface area contributed by atoms with E-state index in [2.05, 4.69) is 46.4 Å². The molecule has 0 aromatic heterocycles. The molecule has 1 aliphatic heterocycles. The van der Waals surface area contributed by atoms with Gasteiger partial charge in [0.15, 0.2) is 0 Å². The minimum atomic E-state index is -0.188. The lowest BCUT2D eigenvalue weighted by Crippen LogP contribution is -2.48. The van der Waals surface area contributed by atoms with E-state index >= 15 is 0 Å². The van der Waals surface area contributed by atoms with E-state index in [4.69, 9.17) is 0 Å². The molecule has 2 N–H and O–H groups in total. The van der Waals surface area contributed by atoms with Gasteiger partial charge in [-0.05, 0) is 43.7 Å². The van der Waals surface area contributed by atoms with Crippen molar-refractivity contribution in [3.8, 4) is 0 Å². The van der Waals surface area contributed by atoms with Gasteiger partial charge in [0.25, 0.3) is 0 Å². The molecule has 5 heteroatoms. The zero-order valence-corrected chi connectivity index (χ0v) is 15.6. The molecule has 5 nitrogen and oxygen atoms in total. The Labute approximate surface area is 156 Å². The number of hydrogen-bond donors (Lipinski definition) is 2. The SMILES string of the molecule is CC(C)N1CCN(c2ccc(NC(=O)NCc3ccccc3)cc2)CC1. The van der Waals surface area contributed by atoms with Gasteiger partial charge in [0, 0.05) is 50.1 Å². The lowest BCUT2D eigenvalue weighted by atomic mass is 10.2. The molecule has 0 aliphatic carbocycles. The van der Waals surface area contributed by atoms with Crippen LogP contribution in [0.15, 0.2) is 54.6 Å². The van der Waals surface area contributed by atoms with Crippen LogP contribution in [0.4, 0.5) is 16.2 Å². The summed E-state index contributed by atoms with van der Waals surface area (Å²) in [6, 6.07) is 18.4. The van der Waals surface area contributed by atoms with E-state index < -0.39 is 0 Å². The fourth-order valence-corrected chi connectivity index (χ4v) is 3.21. The standard InChI is InChI=1S/C21H28N4O/c1-17(2)24-12-14-25(15-13-24)20-10-8-19(9-11-20)23-21(26)22-16-18-6-4-3-5-7-18/h3-11,17H,12-16H2,1-2H3,(H2,22,23,26). The van der Waals surface area contributed by atoms with Crippen molar-refractivity contribution >= 4 is 17.4 Å². The minimum absolute atomic E-state index is 0.188. The molecule has 1 aliphatic rings. The molecule has 2 aromatic rings. The fraction of sp³-hybridized carbons (Fsp3) is 0.381. The lowest BCUT2D eigenvalue weighted by Gasteiger charge is -2.38. The first-order valence-electron chi connectivity index (χ1n) is 9.29. The molecule has 26 heavy (non-hydrogen) atoms. The Morgan fingerprint density at radius 3 is 2.23 bits per heavy atom. The Bertz CT molecular complexity index is 692. The van der Waals surface area contributed by atoms with Crippen molar-refractivity contribution in [2.24, 2.45) is 0 Å². The molecule has 2 aromatic carbocycles. The predicted octanol–water partition coefficient (Wildman–Crippen LogP) is 3.54. The van der Waals surface area contributed by atoms with Gasteiger partial charge in [-0.3, -0.25) is 4.90 Å². The highest BCUT2D eigenvalue weighted by molar-refractivity contribution is 5.89. The number of carbonyl (C=O) groups excluding carboxylic acids is 1. The highest BCUT2D eigenvalue weighted by Gasteiger charge is 2.18. The maximum absolute atomic E-state index is 12.0. The van der Waals surface area contributed by atoms with Crippen LogP contribution in [0.5, 0.6) is 0 Å². The summed E-state index contributed by atoms with van der Waals surface area (Å²) in [4.78, 5) is 16.9. The van der Waals surface area contributed by atoms with Crippen LogP contribution in [-0.4, -0.2) is 43.2 Å². The van der Waals surface area contributed by atoms with Gasteiger partial charge in [-0.15, -0.1) is 0 Å². The number of carbonyl (C=O) groups is 1. The number of nitrogens with zero attached hydrogens (tertiary/aromatic N) is 2. The molecule has 0 bridgehead atoms. The molecular formula is C21H28N4O. The van der Waals surface area contributed by atoms with Crippen molar-refractivity contribution in [1.82, 2.24) is 10.2 Å². The van der Waals surface area contributed by atoms with Crippen LogP contribution < -0.4 is 15.5 Å². The topological polar surface area (TPSA) is 47.6 Å². The third kappa shape index (κ3) is 4.99. The first-order valence-corrected chi connectivity index (χ1v) is 9.29. The van der Waals surface area contributed by atoms with E-state index in [9.17, 15) is 4.79 Å². The Morgan fingerprint density at radius 2 is 1.62 bits per heavy atom. The van der Waals surface area contributed by atoms with Crippen molar-refractivity contribution in [3.05, 3.63) is 60.2 Å². The number of benzene rings is 2. The van der Waals surface area contributed by atoms with Crippen LogP contribution in [0.2, 0.25) is 0 Å². The van der Waals surface area contributed by atoms with E-state index in [1.807, 2.05) is 42.5 Å². The largest absolute Gasteiger partial charge is 0.369 e. The lowest BCUT2D eigenvalue weighted by molar-refractivity contribution is 0.209. The third-order valence-corrected chi connectivity index (χ3v) is 4.83. The monoisotopic (exact) mass is 352 g/mol. The molecule has 3 rings (SSSR count). The summed E-state index contributed by atoms with van der Waals surface area (Å²) in [5, 5.41) is 5.76. The zero-order chi connectivity index (χ0) is 18.4. The Hall–Kier alpha value is -2.53. The van der Waals surface area contributed by atoms with Gasteiger partial charge in [-0.2, -0.15) is 0 Å².